The normalized spacial score (nSPS) is 10.4. The van der Waals surface area contributed by atoms with E-state index in [0.717, 1.165) is 24.0 Å². The molecule has 6 heteroatoms. The molecule has 0 aromatic heterocycles. The second-order valence-electron chi connectivity index (χ2n) is 6.62. The SMILES string of the molecule is CCc1ccc(CN(C(=N)CCc2ccccc2)C(=N)CNC(=O)CN)cc1. The topological polar surface area (TPSA) is 106 Å². The van der Waals surface area contributed by atoms with Crippen LogP contribution in [-0.2, 0) is 24.2 Å². The lowest BCUT2D eigenvalue weighted by molar-refractivity contribution is -0.119. The molecule has 0 saturated carbocycles. The minimum atomic E-state index is -0.312. The van der Waals surface area contributed by atoms with Gasteiger partial charge in [0, 0.05) is 6.42 Å². The van der Waals surface area contributed by atoms with E-state index in [1.165, 1.54) is 5.56 Å². The zero-order valence-electron chi connectivity index (χ0n) is 16.4. The van der Waals surface area contributed by atoms with Gasteiger partial charge in [0.1, 0.15) is 11.7 Å². The van der Waals surface area contributed by atoms with Crippen LogP contribution in [0, 0.1) is 10.8 Å². The van der Waals surface area contributed by atoms with Crippen molar-refractivity contribution >= 4 is 17.6 Å². The number of carbonyl (C=O) groups is 1. The molecule has 148 valence electrons. The minimum Gasteiger partial charge on any atom is -0.348 e. The van der Waals surface area contributed by atoms with Crippen molar-refractivity contribution in [3.05, 3.63) is 71.3 Å². The summed E-state index contributed by atoms with van der Waals surface area (Å²) >= 11 is 0. The number of nitrogens with one attached hydrogen (secondary N) is 3. The number of carbonyl (C=O) groups excluding carboxylic acids is 1. The fourth-order valence-electron chi connectivity index (χ4n) is 2.81. The van der Waals surface area contributed by atoms with Crippen molar-refractivity contribution in [2.75, 3.05) is 13.1 Å². The number of amidine groups is 2. The summed E-state index contributed by atoms with van der Waals surface area (Å²) in [6.07, 6.45) is 2.22. The molecule has 0 aliphatic carbocycles. The van der Waals surface area contributed by atoms with Crippen molar-refractivity contribution in [2.24, 2.45) is 5.73 Å². The summed E-state index contributed by atoms with van der Waals surface area (Å²) in [7, 11) is 0. The summed E-state index contributed by atoms with van der Waals surface area (Å²) in [4.78, 5) is 13.1. The zero-order chi connectivity index (χ0) is 20.4. The van der Waals surface area contributed by atoms with Gasteiger partial charge in [-0.25, -0.2) is 0 Å². The average molecular weight is 380 g/mol. The molecule has 0 atom stereocenters. The van der Waals surface area contributed by atoms with Crippen LogP contribution >= 0.6 is 0 Å². The Bertz CT molecular complexity index is 786. The molecule has 0 radical (unpaired) electrons. The summed E-state index contributed by atoms with van der Waals surface area (Å²) in [5, 5.41) is 19.5. The van der Waals surface area contributed by atoms with Gasteiger partial charge in [-0.2, -0.15) is 0 Å². The van der Waals surface area contributed by atoms with E-state index in [4.69, 9.17) is 16.6 Å². The van der Waals surface area contributed by atoms with Crippen LogP contribution in [0.2, 0.25) is 0 Å². The second kappa shape index (κ2) is 11.0. The summed E-state index contributed by atoms with van der Waals surface area (Å²) < 4.78 is 0. The van der Waals surface area contributed by atoms with Gasteiger partial charge in [-0.3, -0.25) is 15.6 Å². The maximum atomic E-state index is 11.4. The van der Waals surface area contributed by atoms with Crippen LogP contribution < -0.4 is 11.1 Å². The molecular formula is C22H29N5O. The molecule has 0 unspecified atom stereocenters. The van der Waals surface area contributed by atoms with E-state index >= 15 is 0 Å². The van der Waals surface area contributed by atoms with Gasteiger partial charge in [-0.15, -0.1) is 0 Å². The molecule has 5 N–H and O–H groups in total. The van der Waals surface area contributed by atoms with Gasteiger partial charge in [0.25, 0.3) is 0 Å². The first kappa shape index (κ1) is 21.3. The Morgan fingerprint density at radius 3 is 2.21 bits per heavy atom. The molecule has 1 amide bonds. The van der Waals surface area contributed by atoms with Crippen molar-refractivity contribution in [3.8, 4) is 0 Å². The minimum absolute atomic E-state index is 0.0524. The first-order valence-electron chi connectivity index (χ1n) is 9.54. The zero-order valence-corrected chi connectivity index (χ0v) is 16.4. The van der Waals surface area contributed by atoms with Crippen LogP contribution in [0.1, 0.15) is 30.0 Å². The Morgan fingerprint density at radius 2 is 1.61 bits per heavy atom. The molecule has 0 heterocycles. The van der Waals surface area contributed by atoms with Crippen molar-refractivity contribution in [1.82, 2.24) is 10.2 Å². The van der Waals surface area contributed by atoms with Gasteiger partial charge in [0.15, 0.2) is 0 Å². The van der Waals surface area contributed by atoms with E-state index in [1.54, 1.807) is 4.90 Å². The largest absolute Gasteiger partial charge is 0.348 e. The quantitative estimate of drug-likeness (QED) is 0.397. The third-order valence-corrected chi connectivity index (χ3v) is 4.56. The molecule has 0 aliphatic heterocycles. The Hall–Kier alpha value is -2.99. The van der Waals surface area contributed by atoms with Crippen molar-refractivity contribution < 1.29 is 4.79 Å². The van der Waals surface area contributed by atoms with Crippen LogP contribution in [0.4, 0.5) is 0 Å². The lowest BCUT2D eigenvalue weighted by atomic mass is 10.1. The smallest absolute Gasteiger partial charge is 0.234 e. The highest BCUT2D eigenvalue weighted by Crippen LogP contribution is 2.12. The standard InChI is InChI=1S/C22H29N5O/c1-2-17-8-10-19(11-9-17)16-27(21(25)15-26-22(28)14-23)20(24)13-12-18-6-4-3-5-7-18/h3-11,24-25H,2,12-16,23H2,1H3,(H,26,28). The molecule has 0 aliphatic rings. The van der Waals surface area contributed by atoms with E-state index < -0.39 is 0 Å². The Morgan fingerprint density at radius 1 is 0.964 bits per heavy atom. The highest BCUT2D eigenvalue weighted by atomic mass is 16.1. The van der Waals surface area contributed by atoms with Gasteiger partial charge in [-0.1, -0.05) is 61.5 Å². The number of hydrogen-bond acceptors (Lipinski definition) is 4. The summed E-state index contributed by atoms with van der Waals surface area (Å²) in [6.45, 7) is 2.47. The third-order valence-electron chi connectivity index (χ3n) is 4.56. The fourth-order valence-corrected chi connectivity index (χ4v) is 2.81. The number of nitrogens with zero attached hydrogens (tertiary/aromatic N) is 1. The summed E-state index contributed by atoms with van der Waals surface area (Å²) in [5.41, 5.74) is 8.75. The molecule has 28 heavy (non-hydrogen) atoms. The molecule has 0 fully saturated rings. The predicted octanol–water partition coefficient (Wildman–Crippen LogP) is 2.71. The number of benzene rings is 2. The second-order valence-corrected chi connectivity index (χ2v) is 6.62. The van der Waals surface area contributed by atoms with E-state index in [1.807, 2.05) is 42.5 Å². The van der Waals surface area contributed by atoms with E-state index in [2.05, 4.69) is 24.4 Å². The molecule has 6 nitrogen and oxygen atoms in total. The Kier molecular flexibility index (Phi) is 8.37. The predicted molar refractivity (Wildman–Crippen MR) is 114 cm³/mol. The molecule has 2 aromatic rings. The number of aryl methyl sites for hydroxylation is 2. The maximum Gasteiger partial charge on any atom is 0.234 e. The third kappa shape index (κ3) is 6.63. The van der Waals surface area contributed by atoms with Crippen molar-refractivity contribution in [3.63, 3.8) is 0 Å². The molecule has 0 saturated heterocycles. The molecule has 2 aromatic carbocycles. The summed E-state index contributed by atoms with van der Waals surface area (Å²) in [5.74, 6) is 0.225. The molecular weight excluding hydrogens is 350 g/mol. The van der Waals surface area contributed by atoms with Gasteiger partial charge < -0.3 is 16.0 Å². The molecule has 2 rings (SSSR count). The highest BCUT2D eigenvalue weighted by molar-refractivity contribution is 6.00. The maximum absolute atomic E-state index is 11.4. The monoisotopic (exact) mass is 379 g/mol. The van der Waals surface area contributed by atoms with Crippen molar-refractivity contribution in [1.29, 1.82) is 10.8 Å². The Balaban J connectivity index is 2.07. The molecule has 0 bridgehead atoms. The van der Waals surface area contributed by atoms with E-state index in [9.17, 15) is 4.79 Å². The van der Waals surface area contributed by atoms with E-state index in [-0.39, 0.29) is 24.8 Å². The summed E-state index contributed by atoms with van der Waals surface area (Å²) in [6, 6.07) is 18.2. The average Bonchev–Trinajstić information content (AvgIpc) is 2.75. The van der Waals surface area contributed by atoms with E-state index in [0.29, 0.717) is 18.8 Å². The molecule has 0 spiro atoms. The number of hydrogen-bond donors (Lipinski definition) is 4. The van der Waals surface area contributed by atoms with Gasteiger partial charge >= 0.3 is 0 Å². The number of rotatable bonds is 9. The lowest BCUT2D eigenvalue weighted by Gasteiger charge is -2.26. The van der Waals surface area contributed by atoms with Gasteiger partial charge in [0.2, 0.25) is 5.91 Å². The van der Waals surface area contributed by atoms with Gasteiger partial charge in [0.05, 0.1) is 19.6 Å². The van der Waals surface area contributed by atoms with Crippen LogP contribution in [0.5, 0.6) is 0 Å². The van der Waals surface area contributed by atoms with Crippen LogP contribution in [0.3, 0.4) is 0 Å². The lowest BCUT2D eigenvalue weighted by Crippen LogP contribution is -2.43. The number of nitrogens with two attached hydrogens (primary N) is 1. The van der Waals surface area contributed by atoms with Crippen molar-refractivity contribution in [2.45, 2.75) is 32.7 Å². The van der Waals surface area contributed by atoms with Crippen LogP contribution in [0.25, 0.3) is 0 Å². The fraction of sp³-hybridized carbons (Fsp3) is 0.318. The highest BCUT2D eigenvalue weighted by Gasteiger charge is 2.16. The Labute approximate surface area is 166 Å². The van der Waals surface area contributed by atoms with Crippen LogP contribution in [-0.4, -0.2) is 35.6 Å². The first-order chi connectivity index (χ1) is 13.5. The number of amides is 1. The van der Waals surface area contributed by atoms with Gasteiger partial charge in [-0.05, 0) is 29.5 Å². The van der Waals surface area contributed by atoms with Crippen LogP contribution in [0.15, 0.2) is 54.6 Å². The first-order valence-corrected chi connectivity index (χ1v) is 9.54.